The van der Waals surface area contributed by atoms with E-state index in [2.05, 4.69) is 16.0 Å². The first-order valence-corrected chi connectivity index (χ1v) is 10.9. The molecule has 1 rings (SSSR count). The van der Waals surface area contributed by atoms with Crippen LogP contribution in [0.4, 0.5) is 0 Å². The molecule has 1 aromatic carbocycles. The lowest BCUT2D eigenvalue weighted by Gasteiger charge is -2.24. The number of aliphatic carboxylic acids is 1. The van der Waals surface area contributed by atoms with Crippen LogP contribution in [-0.2, 0) is 25.6 Å². The molecule has 3 unspecified atom stereocenters. The van der Waals surface area contributed by atoms with E-state index in [1.54, 1.807) is 26.0 Å². The number of unbranched alkanes of at least 4 members (excludes halogenated alkanes) is 1. The second kappa shape index (κ2) is 14.1. The Kier molecular flexibility index (Phi) is 11.9. The molecule has 0 saturated heterocycles. The summed E-state index contributed by atoms with van der Waals surface area (Å²) in [5, 5.41) is 26.1. The summed E-state index contributed by atoms with van der Waals surface area (Å²) < 4.78 is 0. The first kappa shape index (κ1) is 27.9. The average molecular weight is 466 g/mol. The second-order valence-corrected chi connectivity index (χ2v) is 8.17. The minimum atomic E-state index is -1.16. The Labute approximate surface area is 193 Å². The Bertz CT molecular complexity index is 799. The molecule has 0 aliphatic carbocycles. The zero-order chi connectivity index (χ0) is 25.0. The standard InChI is InChI=1S/C22H35N5O6/c1-13(2)19(21(31)26-17(22(32)33)5-3-4-10-23)27-18(29)12-25-20(30)16(24)11-14-6-8-15(28)9-7-14/h6-9,13,16-17,19,28H,3-5,10-12,23-24H2,1-2H3,(H,25,30)(H,26,31)(H,27,29)(H,32,33). The molecule has 11 nitrogen and oxygen atoms in total. The molecule has 3 amide bonds. The van der Waals surface area contributed by atoms with E-state index in [4.69, 9.17) is 11.5 Å². The molecule has 1 aromatic rings. The maximum atomic E-state index is 12.6. The van der Waals surface area contributed by atoms with Crippen molar-refractivity contribution in [3.63, 3.8) is 0 Å². The number of amides is 3. The molecule has 0 aliphatic rings. The van der Waals surface area contributed by atoms with Gasteiger partial charge in [0.05, 0.1) is 12.6 Å². The van der Waals surface area contributed by atoms with Gasteiger partial charge in [-0.25, -0.2) is 4.79 Å². The van der Waals surface area contributed by atoms with E-state index in [0.717, 1.165) is 5.56 Å². The number of hydrogen-bond acceptors (Lipinski definition) is 7. The van der Waals surface area contributed by atoms with Gasteiger partial charge in [0.1, 0.15) is 17.8 Å². The van der Waals surface area contributed by atoms with E-state index < -0.39 is 48.4 Å². The number of carboxylic acids is 1. The predicted octanol–water partition coefficient (Wildman–Crippen LogP) is -0.783. The summed E-state index contributed by atoms with van der Waals surface area (Å²) >= 11 is 0. The molecule has 3 atom stereocenters. The Morgan fingerprint density at radius 3 is 2.18 bits per heavy atom. The van der Waals surface area contributed by atoms with Crippen molar-refractivity contribution >= 4 is 23.7 Å². The molecule has 184 valence electrons. The van der Waals surface area contributed by atoms with E-state index in [1.165, 1.54) is 12.1 Å². The highest BCUT2D eigenvalue weighted by molar-refractivity contribution is 5.92. The van der Waals surface area contributed by atoms with Crippen LogP contribution in [0.25, 0.3) is 0 Å². The number of phenols is 1. The molecule has 33 heavy (non-hydrogen) atoms. The highest BCUT2D eigenvalue weighted by atomic mass is 16.4. The minimum Gasteiger partial charge on any atom is -0.508 e. The van der Waals surface area contributed by atoms with Gasteiger partial charge in [-0.3, -0.25) is 14.4 Å². The van der Waals surface area contributed by atoms with Crippen molar-refractivity contribution in [1.82, 2.24) is 16.0 Å². The maximum absolute atomic E-state index is 12.6. The van der Waals surface area contributed by atoms with Crippen LogP contribution in [0.2, 0.25) is 0 Å². The number of benzene rings is 1. The van der Waals surface area contributed by atoms with E-state index in [1.807, 2.05) is 0 Å². The number of nitrogens with one attached hydrogen (secondary N) is 3. The van der Waals surface area contributed by atoms with Gasteiger partial charge in [0, 0.05) is 0 Å². The minimum absolute atomic E-state index is 0.0995. The summed E-state index contributed by atoms with van der Waals surface area (Å²) in [5.74, 6) is -3.15. The fourth-order valence-corrected chi connectivity index (χ4v) is 3.05. The van der Waals surface area contributed by atoms with Gasteiger partial charge in [-0.15, -0.1) is 0 Å². The van der Waals surface area contributed by atoms with Crippen LogP contribution < -0.4 is 27.4 Å². The summed E-state index contributed by atoms with van der Waals surface area (Å²) in [7, 11) is 0. The van der Waals surface area contributed by atoms with Crippen LogP contribution in [0, 0.1) is 5.92 Å². The quantitative estimate of drug-likeness (QED) is 0.174. The molecular weight excluding hydrogens is 430 g/mol. The molecule has 0 heterocycles. The lowest BCUT2D eigenvalue weighted by molar-refractivity contribution is -0.142. The number of rotatable bonds is 14. The number of aromatic hydroxyl groups is 1. The summed E-state index contributed by atoms with van der Waals surface area (Å²) in [4.78, 5) is 48.5. The molecule has 0 fully saturated rings. The summed E-state index contributed by atoms with van der Waals surface area (Å²) in [6.07, 6.45) is 1.62. The monoisotopic (exact) mass is 465 g/mol. The summed E-state index contributed by atoms with van der Waals surface area (Å²) in [6, 6.07) is 3.28. The Balaban J connectivity index is 2.58. The first-order valence-electron chi connectivity index (χ1n) is 10.9. The fraction of sp³-hybridized carbons (Fsp3) is 0.545. The molecular formula is C22H35N5O6. The zero-order valence-electron chi connectivity index (χ0n) is 19.0. The lowest BCUT2D eigenvalue weighted by atomic mass is 10.0. The lowest BCUT2D eigenvalue weighted by Crippen LogP contribution is -2.55. The first-order chi connectivity index (χ1) is 15.5. The van der Waals surface area contributed by atoms with Gasteiger partial charge < -0.3 is 37.6 Å². The topological polar surface area (TPSA) is 197 Å². The largest absolute Gasteiger partial charge is 0.508 e. The molecule has 0 bridgehead atoms. The van der Waals surface area contributed by atoms with Crippen molar-refractivity contribution in [1.29, 1.82) is 0 Å². The Morgan fingerprint density at radius 2 is 1.64 bits per heavy atom. The van der Waals surface area contributed by atoms with E-state index in [0.29, 0.717) is 19.4 Å². The van der Waals surface area contributed by atoms with E-state index in [-0.39, 0.29) is 24.5 Å². The van der Waals surface area contributed by atoms with Crippen LogP contribution in [0.1, 0.15) is 38.7 Å². The van der Waals surface area contributed by atoms with Crippen LogP contribution >= 0.6 is 0 Å². The van der Waals surface area contributed by atoms with Gasteiger partial charge in [0.2, 0.25) is 17.7 Å². The van der Waals surface area contributed by atoms with Crippen LogP contribution in [0.5, 0.6) is 5.75 Å². The molecule has 9 N–H and O–H groups in total. The van der Waals surface area contributed by atoms with Crippen LogP contribution in [0.3, 0.4) is 0 Å². The van der Waals surface area contributed by atoms with Crippen molar-refractivity contribution in [3.05, 3.63) is 29.8 Å². The van der Waals surface area contributed by atoms with Gasteiger partial charge in [0.25, 0.3) is 0 Å². The third-order valence-electron chi connectivity index (χ3n) is 4.98. The third kappa shape index (κ3) is 10.3. The fourth-order valence-electron chi connectivity index (χ4n) is 3.05. The summed E-state index contributed by atoms with van der Waals surface area (Å²) in [6.45, 7) is 3.45. The molecule has 0 aliphatic heterocycles. The Morgan fingerprint density at radius 1 is 1.00 bits per heavy atom. The number of hydrogen-bond donors (Lipinski definition) is 7. The predicted molar refractivity (Wildman–Crippen MR) is 122 cm³/mol. The Hall–Kier alpha value is -3.18. The van der Waals surface area contributed by atoms with Gasteiger partial charge in [-0.2, -0.15) is 0 Å². The number of nitrogens with two attached hydrogens (primary N) is 2. The smallest absolute Gasteiger partial charge is 0.326 e. The number of carboxylic acid groups (broad SMARTS) is 1. The molecule has 0 radical (unpaired) electrons. The third-order valence-corrected chi connectivity index (χ3v) is 4.98. The highest BCUT2D eigenvalue weighted by Crippen LogP contribution is 2.11. The maximum Gasteiger partial charge on any atom is 0.326 e. The van der Waals surface area contributed by atoms with Gasteiger partial charge in [-0.1, -0.05) is 26.0 Å². The van der Waals surface area contributed by atoms with Crippen molar-refractivity contribution in [2.75, 3.05) is 13.1 Å². The normalized spacial score (nSPS) is 13.6. The van der Waals surface area contributed by atoms with E-state index in [9.17, 15) is 29.4 Å². The van der Waals surface area contributed by atoms with E-state index >= 15 is 0 Å². The molecule has 0 spiro atoms. The molecule has 0 aromatic heterocycles. The van der Waals surface area contributed by atoms with Crippen molar-refractivity contribution in [2.24, 2.45) is 17.4 Å². The number of carbonyl (C=O) groups excluding carboxylic acids is 3. The second-order valence-electron chi connectivity index (χ2n) is 8.17. The van der Waals surface area contributed by atoms with Crippen molar-refractivity contribution in [3.8, 4) is 5.75 Å². The van der Waals surface area contributed by atoms with Gasteiger partial charge in [-0.05, 0) is 55.8 Å². The average Bonchev–Trinajstić information content (AvgIpc) is 2.76. The molecule has 11 heteroatoms. The van der Waals surface area contributed by atoms with Gasteiger partial charge >= 0.3 is 5.97 Å². The van der Waals surface area contributed by atoms with Gasteiger partial charge in [0.15, 0.2) is 0 Å². The molecule has 0 saturated carbocycles. The highest BCUT2D eigenvalue weighted by Gasteiger charge is 2.28. The number of phenolic OH excluding ortho intramolecular Hbond substituents is 1. The van der Waals surface area contributed by atoms with Crippen molar-refractivity contribution < 1.29 is 29.4 Å². The SMILES string of the molecule is CC(C)C(NC(=O)CNC(=O)C(N)Cc1ccc(O)cc1)C(=O)NC(CCCCN)C(=O)O. The zero-order valence-corrected chi connectivity index (χ0v) is 19.0. The van der Waals surface area contributed by atoms with Crippen LogP contribution in [-0.4, -0.2) is 65.1 Å². The van der Waals surface area contributed by atoms with Crippen molar-refractivity contribution in [2.45, 2.75) is 57.7 Å². The summed E-state index contributed by atoms with van der Waals surface area (Å²) in [5.41, 5.74) is 12.0. The van der Waals surface area contributed by atoms with Crippen LogP contribution in [0.15, 0.2) is 24.3 Å². The number of carbonyl (C=O) groups is 4.